The molecule has 2 aromatic rings. The number of carbonyl (C=O) groups excluding carboxylic acids is 2. The van der Waals surface area contributed by atoms with E-state index in [2.05, 4.69) is 15.5 Å². The first-order valence-corrected chi connectivity index (χ1v) is 10.8. The molecule has 1 aromatic heterocycles. The van der Waals surface area contributed by atoms with E-state index in [1.165, 1.54) is 12.1 Å². The van der Waals surface area contributed by atoms with Gasteiger partial charge < -0.3 is 15.8 Å². The maximum absolute atomic E-state index is 12.4. The summed E-state index contributed by atoms with van der Waals surface area (Å²) >= 11 is 5.77. The second-order valence-corrected chi connectivity index (χ2v) is 9.44. The lowest BCUT2D eigenvalue weighted by atomic mass is 9.94. The van der Waals surface area contributed by atoms with Crippen LogP contribution in [-0.4, -0.2) is 35.3 Å². The molecule has 0 unspecified atom stereocenters. The number of nitrogens with one attached hydrogen (secondary N) is 2. The third kappa shape index (κ3) is 6.67. The number of carbonyl (C=O) groups is 2. The van der Waals surface area contributed by atoms with Crippen LogP contribution in [0, 0.1) is 11.1 Å². The third-order valence-corrected chi connectivity index (χ3v) is 5.38. The third-order valence-electron chi connectivity index (χ3n) is 5.16. The number of rotatable bonds is 5. The number of benzene rings is 1. The first kappa shape index (κ1) is 23.0. The highest BCUT2D eigenvalue weighted by Gasteiger charge is 2.27. The molecular weight excluding hydrogens is 416 g/mol. The number of nitrogens with zero attached hydrogens (tertiary/aromatic N) is 2. The molecule has 31 heavy (non-hydrogen) atoms. The Morgan fingerprint density at radius 3 is 2.55 bits per heavy atom. The van der Waals surface area contributed by atoms with E-state index in [9.17, 15) is 14.8 Å². The number of amides is 2. The van der Waals surface area contributed by atoms with E-state index in [1.54, 1.807) is 6.07 Å². The number of aromatic nitrogens is 1. The summed E-state index contributed by atoms with van der Waals surface area (Å²) in [5.74, 6) is -0.302. The molecule has 0 atom stereocenters. The summed E-state index contributed by atoms with van der Waals surface area (Å²) in [5, 5.41) is 18.0. The van der Waals surface area contributed by atoms with E-state index < -0.39 is 5.91 Å². The number of pyridine rings is 1. The fourth-order valence-corrected chi connectivity index (χ4v) is 3.81. The standard InChI is InChI=1S/C23H29ClN4O3/c1-23(2,3)26-21(29)17-9-11-27(12-10-17)14-16-5-4-6-19(13-16)25-22(30)20-8-7-18(24)15-28(20)31/h4-8,13,15,17H,9-12,14H2,1-3H3,(H,25,30)(H,26,29). The first-order valence-electron chi connectivity index (χ1n) is 10.4. The van der Waals surface area contributed by atoms with Crippen LogP contribution in [0.3, 0.4) is 0 Å². The maximum atomic E-state index is 12.4. The molecule has 166 valence electrons. The minimum Gasteiger partial charge on any atom is -0.618 e. The van der Waals surface area contributed by atoms with E-state index in [0.29, 0.717) is 10.4 Å². The van der Waals surface area contributed by atoms with Crippen LogP contribution in [0.5, 0.6) is 0 Å². The van der Waals surface area contributed by atoms with E-state index in [-0.39, 0.29) is 28.1 Å². The van der Waals surface area contributed by atoms with Crippen molar-refractivity contribution in [3.05, 3.63) is 64.1 Å². The quantitative estimate of drug-likeness (QED) is 0.546. The normalized spacial score (nSPS) is 15.5. The van der Waals surface area contributed by atoms with Crippen LogP contribution in [0.1, 0.15) is 49.7 Å². The van der Waals surface area contributed by atoms with Gasteiger partial charge in [-0.3, -0.25) is 14.5 Å². The van der Waals surface area contributed by atoms with Crippen molar-refractivity contribution in [3.63, 3.8) is 0 Å². The number of piperidine rings is 1. The minimum absolute atomic E-state index is 0.0228. The predicted octanol–water partition coefficient (Wildman–Crippen LogP) is 3.35. The molecule has 0 saturated carbocycles. The van der Waals surface area contributed by atoms with Gasteiger partial charge in [0.2, 0.25) is 5.91 Å². The van der Waals surface area contributed by atoms with Gasteiger partial charge in [0.15, 0.2) is 6.20 Å². The molecule has 7 nitrogen and oxygen atoms in total. The van der Waals surface area contributed by atoms with Crippen molar-refractivity contribution in [2.24, 2.45) is 5.92 Å². The van der Waals surface area contributed by atoms with Crippen molar-refractivity contribution in [1.82, 2.24) is 10.2 Å². The van der Waals surface area contributed by atoms with E-state index in [0.717, 1.165) is 44.2 Å². The highest BCUT2D eigenvalue weighted by Crippen LogP contribution is 2.21. The summed E-state index contributed by atoms with van der Waals surface area (Å²) in [6.45, 7) is 8.42. The molecule has 1 aliphatic heterocycles. The van der Waals surface area contributed by atoms with Crippen molar-refractivity contribution in [2.75, 3.05) is 18.4 Å². The van der Waals surface area contributed by atoms with Crippen LogP contribution >= 0.6 is 11.6 Å². The summed E-state index contributed by atoms with van der Waals surface area (Å²) in [6, 6.07) is 10.5. The Morgan fingerprint density at radius 1 is 1.19 bits per heavy atom. The summed E-state index contributed by atoms with van der Waals surface area (Å²) in [6.07, 6.45) is 2.81. The van der Waals surface area contributed by atoms with Crippen molar-refractivity contribution >= 4 is 29.1 Å². The molecule has 1 fully saturated rings. The molecule has 0 bridgehead atoms. The Hall–Kier alpha value is -2.64. The maximum Gasteiger partial charge on any atom is 0.321 e. The van der Waals surface area contributed by atoms with Crippen molar-refractivity contribution in [2.45, 2.75) is 45.7 Å². The molecule has 2 amide bonds. The first-order chi connectivity index (χ1) is 14.6. The number of hydrogen-bond acceptors (Lipinski definition) is 4. The molecule has 1 saturated heterocycles. The van der Waals surface area contributed by atoms with Crippen LogP contribution in [0.25, 0.3) is 0 Å². The molecule has 3 rings (SSSR count). The highest BCUT2D eigenvalue weighted by molar-refractivity contribution is 6.30. The number of likely N-dealkylation sites (tertiary alicyclic amines) is 1. The molecule has 1 aliphatic rings. The zero-order valence-corrected chi connectivity index (χ0v) is 18.9. The molecule has 2 N–H and O–H groups in total. The second-order valence-electron chi connectivity index (χ2n) is 9.00. The Kier molecular flexibility index (Phi) is 7.18. The van der Waals surface area contributed by atoms with Crippen LogP contribution in [0.2, 0.25) is 5.02 Å². The van der Waals surface area contributed by atoms with Gasteiger partial charge in [-0.2, -0.15) is 4.73 Å². The average Bonchev–Trinajstić information content (AvgIpc) is 2.67. The van der Waals surface area contributed by atoms with Gasteiger partial charge in [0, 0.05) is 29.8 Å². The van der Waals surface area contributed by atoms with E-state index in [1.807, 2.05) is 39.0 Å². The van der Waals surface area contributed by atoms with Gasteiger partial charge in [-0.05, 0) is 70.5 Å². The minimum atomic E-state index is -0.491. The molecule has 1 aromatic carbocycles. The molecule has 2 heterocycles. The van der Waals surface area contributed by atoms with Crippen LogP contribution in [0.15, 0.2) is 42.6 Å². The smallest absolute Gasteiger partial charge is 0.321 e. The molecular formula is C23H29ClN4O3. The zero-order chi connectivity index (χ0) is 22.6. The van der Waals surface area contributed by atoms with Gasteiger partial charge in [0.25, 0.3) is 5.69 Å². The van der Waals surface area contributed by atoms with Crippen molar-refractivity contribution in [1.29, 1.82) is 0 Å². The lowest BCUT2D eigenvalue weighted by molar-refractivity contribution is -0.607. The monoisotopic (exact) mass is 444 g/mol. The Balaban J connectivity index is 1.55. The van der Waals surface area contributed by atoms with Crippen molar-refractivity contribution in [3.8, 4) is 0 Å². The number of halogens is 1. The SMILES string of the molecule is CC(C)(C)NC(=O)C1CCN(Cc2cccc(NC(=O)c3ccc(Cl)c[n+]3[O-])c2)CC1. The molecule has 0 aliphatic carbocycles. The molecule has 8 heteroatoms. The second kappa shape index (κ2) is 9.66. The van der Waals surface area contributed by atoms with Gasteiger partial charge in [0.05, 0.1) is 0 Å². The summed E-state index contributed by atoms with van der Waals surface area (Å²) < 4.78 is 0.460. The van der Waals surface area contributed by atoms with Gasteiger partial charge in [-0.25, -0.2) is 0 Å². The highest BCUT2D eigenvalue weighted by atomic mass is 35.5. The average molecular weight is 445 g/mol. The van der Waals surface area contributed by atoms with Crippen LogP contribution in [-0.2, 0) is 11.3 Å². The zero-order valence-electron chi connectivity index (χ0n) is 18.2. The largest absolute Gasteiger partial charge is 0.618 e. The number of hydrogen-bond donors (Lipinski definition) is 2. The summed E-state index contributed by atoms with van der Waals surface area (Å²) in [7, 11) is 0. The summed E-state index contributed by atoms with van der Waals surface area (Å²) in [5.41, 5.74) is 1.44. The van der Waals surface area contributed by atoms with E-state index >= 15 is 0 Å². The van der Waals surface area contributed by atoms with Crippen molar-refractivity contribution < 1.29 is 14.3 Å². The Morgan fingerprint density at radius 2 is 1.90 bits per heavy atom. The fraction of sp³-hybridized carbons (Fsp3) is 0.435. The topological polar surface area (TPSA) is 88.4 Å². The molecule has 0 spiro atoms. The fourth-order valence-electron chi connectivity index (χ4n) is 3.66. The van der Waals surface area contributed by atoms with Gasteiger partial charge in [0.1, 0.15) is 5.02 Å². The van der Waals surface area contributed by atoms with Crippen LogP contribution in [0.4, 0.5) is 5.69 Å². The lowest BCUT2D eigenvalue weighted by Gasteiger charge is -2.33. The lowest BCUT2D eigenvalue weighted by Crippen LogP contribution is -2.46. The summed E-state index contributed by atoms with van der Waals surface area (Å²) in [4.78, 5) is 27.1. The van der Waals surface area contributed by atoms with Gasteiger partial charge >= 0.3 is 5.91 Å². The van der Waals surface area contributed by atoms with Gasteiger partial charge in [-0.15, -0.1) is 0 Å². The van der Waals surface area contributed by atoms with Crippen LogP contribution < -0.4 is 15.4 Å². The Labute approximate surface area is 188 Å². The molecule has 0 radical (unpaired) electrons. The van der Waals surface area contributed by atoms with Gasteiger partial charge in [-0.1, -0.05) is 23.7 Å². The Bertz CT molecular complexity index is 950. The van der Waals surface area contributed by atoms with E-state index in [4.69, 9.17) is 11.6 Å². The number of anilines is 1. The predicted molar refractivity (Wildman–Crippen MR) is 121 cm³/mol.